The van der Waals surface area contributed by atoms with E-state index in [1.165, 1.54) is 6.92 Å². The van der Waals surface area contributed by atoms with E-state index >= 15 is 0 Å². The van der Waals surface area contributed by atoms with Gasteiger partial charge in [0.05, 0.1) is 13.2 Å². The van der Waals surface area contributed by atoms with Crippen molar-refractivity contribution in [2.24, 2.45) is 5.73 Å². The summed E-state index contributed by atoms with van der Waals surface area (Å²) in [5.41, 5.74) is 8.56. The lowest BCUT2D eigenvalue weighted by atomic mass is 9.89. The van der Waals surface area contributed by atoms with Crippen LogP contribution in [-0.2, 0) is 4.79 Å². The molecule has 0 radical (unpaired) electrons. The molecule has 3 amide bonds. The predicted molar refractivity (Wildman–Crippen MR) is 131 cm³/mol. The van der Waals surface area contributed by atoms with Gasteiger partial charge < -0.3 is 20.3 Å². The number of carbonyl (C=O) groups is 3. The predicted octanol–water partition coefficient (Wildman–Crippen LogP) is 4.33. The van der Waals surface area contributed by atoms with Crippen molar-refractivity contribution in [3.05, 3.63) is 89.5 Å². The van der Waals surface area contributed by atoms with E-state index in [9.17, 15) is 14.4 Å². The van der Waals surface area contributed by atoms with E-state index in [1.807, 2.05) is 31.2 Å². The molecule has 3 aromatic rings. The highest BCUT2D eigenvalue weighted by Gasteiger charge is 2.38. The smallest absolute Gasteiger partial charge is 0.258 e. The summed E-state index contributed by atoms with van der Waals surface area (Å²) in [4.78, 5) is 41.6. The largest absolute Gasteiger partial charge is 0.497 e. The van der Waals surface area contributed by atoms with E-state index in [0.717, 1.165) is 11.3 Å². The Bertz CT molecular complexity index is 1240. The standard InChI is InChI=1S/C27H27N3O4/c1-17-15-25(30(18(2)31)21-8-6-7-20(16-21)26(28)32)23-9-4-5-10-24(23)29(17)27(33)19-11-13-22(34-3)14-12-19/h4-14,16-17,25H,15H2,1-3H3,(H2,28,32). The molecule has 0 saturated carbocycles. The second-order valence-electron chi connectivity index (χ2n) is 8.37. The van der Waals surface area contributed by atoms with Gasteiger partial charge in [-0.05, 0) is 67.4 Å². The average molecular weight is 458 g/mol. The van der Waals surface area contributed by atoms with Crippen molar-refractivity contribution in [3.63, 3.8) is 0 Å². The second kappa shape index (κ2) is 9.39. The van der Waals surface area contributed by atoms with Gasteiger partial charge in [0.25, 0.3) is 5.91 Å². The summed E-state index contributed by atoms with van der Waals surface area (Å²) in [7, 11) is 1.58. The third kappa shape index (κ3) is 4.24. The zero-order valence-corrected chi connectivity index (χ0v) is 19.4. The first-order valence-electron chi connectivity index (χ1n) is 11.1. The minimum Gasteiger partial charge on any atom is -0.497 e. The van der Waals surface area contributed by atoms with Crippen LogP contribution in [0.3, 0.4) is 0 Å². The Kier molecular flexibility index (Phi) is 6.36. The normalized spacial score (nSPS) is 17.0. The number of amides is 3. The molecule has 0 aliphatic carbocycles. The van der Waals surface area contributed by atoms with Gasteiger partial charge in [-0.2, -0.15) is 0 Å². The van der Waals surface area contributed by atoms with Gasteiger partial charge in [0.15, 0.2) is 0 Å². The minimum atomic E-state index is -0.556. The number of primary amides is 1. The Hall–Kier alpha value is -4.13. The molecule has 1 aliphatic heterocycles. The van der Waals surface area contributed by atoms with Crippen molar-refractivity contribution < 1.29 is 19.1 Å². The Morgan fingerprint density at radius 3 is 2.32 bits per heavy atom. The number of hydrogen-bond acceptors (Lipinski definition) is 4. The molecule has 0 aromatic heterocycles. The first-order valence-corrected chi connectivity index (χ1v) is 11.1. The van der Waals surface area contributed by atoms with Crippen LogP contribution in [0.5, 0.6) is 5.75 Å². The molecule has 0 spiro atoms. The lowest BCUT2D eigenvalue weighted by molar-refractivity contribution is -0.117. The molecule has 0 fully saturated rings. The van der Waals surface area contributed by atoms with Gasteiger partial charge >= 0.3 is 0 Å². The van der Waals surface area contributed by atoms with Crippen molar-refractivity contribution in [2.45, 2.75) is 32.4 Å². The summed E-state index contributed by atoms with van der Waals surface area (Å²) in [6, 6.07) is 20.9. The maximum atomic E-state index is 13.5. The number of anilines is 2. The van der Waals surface area contributed by atoms with Crippen molar-refractivity contribution >= 4 is 29.1 Å². The number of ether oxygens (including phenoxy) is 1. The molecule has 1 heterocycles. The molecule has 1 aliphatic rings. The number of fused-ring (bicyclic) bond motifs is 1. The summed E-state index contributed by atoms with van der Waals surface area (Å²) in [5.74, 6) is -0.160. The molecule has 7 nitrogen and oxygen atoms in total. The fraction of sp³-hybridized carbons (Fsp3) is 0.222. The minimum absolute atomic E-state index is 0.119. The van der Waals surface area contributed by atoms with Crippen LogP contribution in [0.1, 0.15) is 52.6 Å². The van der Waals surface area contributed by atoms with E-state index in [0.29, 0.717) is 29.0 Å². The maximum absolute atomic E-state index is 13.5. The first-order chi connectivity index (χ1) is 16.3. The lowest BCUT2D eigenvalue weighted by Crippen LogP contribution is -2.47. The molecule has 4 rings (SSSR count). The van der Waals surface area contributed by atoms with Crippen LogP contribution in [0.25, 0.3) is 0 Å². The summed E-state index contributed by atoms with van der Waals surface area (Å²) >= 11 is 0. The van der Waals surface area contributed by atoms with Gasteiger partial charge in [0, 0.05) is 35.5 Å². The van der Waals surface area contributed by atoms with E-state index < -0.39 is 5.91 Å². The molecule has 0 saturated heterocycles. The number of nitrogens with zero attached hydrogens (tertiary/aromatic N) is 2. The Labute approximate surface area is 198 Å². The van der Waals surface area contributed by atoms with Gasteiger partial charge in [-0.3, -0.25) is 14.4 Å². The molecule has 34 heavy (non-hydrogen) atoms. The summed E-state index contributed by atoms with van der Waals surface area (Å²) in [6.07, 6.45) is 0.527. The monoisotopic (exact) mass is 457 g/mol. The van der Waals surface area contributed by atoms with Crippen LogP contribution in [0, 0.1) is 0 Å². The number of hydrogen-bond donors (Lipinski definition) is 1. The van der Waals surface area contributed by atoms with Gasteiger partial charge in [-0.25, -0.2) is 0 Å². The van der Waals surface area contributed by atoms with Gasteiger partial charge in [0.1, 0.15) is 5.75 Å². The topological polar surface area (TPSA) is 92.9 Å². The fourth-order valence-electron chi connectivity index (χ4n) is 4.60. The zero-order chi connectivity index (χ0) is 24.4. The van der Waals surface area contributed by atoms with E-state index in [2.05, 4.69) is 0 Å². The average Bonchev–Trinajstić information content (AvgIpc) is 2.84. The number of rotatable bonds is 5. The number of benzene rings is 3. The van der Waals surface area contributed by atoms with Crippen molar-refractivity contribution in [3.8, 4) is 5.75 Å². The van der Waals surface area contributed by atoms with E-state index in [4.69, 9.17) is 10.5 Å². The molecule has 7 heteroatoms. The van der Waals surface area contributed by atoms with Crippen LogP contribution >= 0.6 is 0 Å². The number of carbonyl (C=O) groups excluding carboxylic acids is 3. The van der Waals surface area contributed by atoms with E-state index in [1.54, 1.807) is 65.4 Å². The molecular weight excluding hydrogens is 430 g/mol. The molecule has 2 N–H and O–H groups in total. The molecule has 2 unspecified atom stereocenters. The zero-order valence-electron chi connectivity index (χ0n) is 19.4. The van der Waals surface area contributed by atoms with Crippen LogP contribution in [0.4, 0.5) is 11.4 Å². The number of para-hydroxylation sites is 1. The van der Waals surface area contributed by atoms with Crippen LogP contribution in [0.15, 0.2) is 72.8 Å². The number of nitrogens with two attached hydrogens (primary N) is 1. The molecule has 3 aromatic carbocycles. The summed E-state index contributed by atoms with van der Waals surface area (Å²) in [5, 5.41) is 0. The highest BCUT2D eigenvalue weighted by molar-refractivity contribution is 6.07. The first kappa shape index (κ1) is 23.0. The quantitative estimate of drug-likeness (QED) is 0.617. The maximum Gasteiger partial charge on any atom is 0.258 e. The van der Waals surface area contributed by atoms with Crippen molar-refractivity contribution in [1.29, 1.82) is 0 Å². The van der Waals surface area contributed by atoms with Gasteiger partial charge in [-0.15, -0.1) is 0 Å². The van der Waals surface area contributed by atoms with Crippen LogP contribution in [-0.4, -0.2) is 30.9 Å². The fourth-order valence-corrected chi connectivity index (χ4v) is 4.60. The Morgan fingerprint density at radius 2 is 1.68 bits per heavy atom. The van der Waals surface area contributed by atoms with Crippen LogP contribution in [0.2, 0.25) is 0 Å². The second-order valence-corrected chi connectivity index (χ2v) is 8.37. The third-order valence-corrected chi connectivity index (χ3v) is 6.18. The molecule has 2 atom stereocenters. The molecule has 0 bridgehead atoms. The lowest BCUT2D eigenvalue weighted by Gasteiger charge is -2.43. The molecular formula is C27H27N3O4. The highest BCUT2D eigenvalue weighted by Crippen LogP contribution is 2.42. The SMILES string of the molecule is COc1ccc(C(=O)N2c3ccccc3C(N(C(C)=O)c3cccc(C(N)=O)c3)CC2C)cc1. The van der Waals surface area contributed by atoms with Crippen molar-refractivity contribution in [1.82, 2.24) is 0 Å². The number of methoxy groups -OCH3 is 1. The Morgan fingerprint density at radius 1 is 0.971 bits per heavy atom. The van der Waals surface area contributed by atoms with Gasteiger partial charge in [-0.1, -0.05) is 24.3 Å². The van der Waals surface area contributed by atoms with E-state index in [-0.39, 0.29) is 23.9 Å². The van der Waals surface area contributed by atoms with Crippen molar-refractivity contribution in [2.75, 3.05) is 16.9 Å². The summed E-state index contributed by atoms with van der Waals surface area (Å²) in [6.45, 7) is 3.47. The third-order valence-electron chi connectivity index (χ3n) is 6.18. The Balaban J connectivity index is 1.76. The highest BCUT2D eigenvalue weighted by atomic mass is 16.5. The summed E-state index contributed by atoms with van der Waals surface area (Å²) < 4.78 is 5.21. The molecule has 174 valence electrons. The van der Waals surface area contributed by atoms with Crippen LogP contribution < -0.4 is 20.3 Å². The van der Waals surface area contributed by atoms with Gasteiger partial charge in [0.2, 0.25) is 11.8 Å².